The molecule has 0 spiro atoms. The van der Waals surface area contributed by atoms with E-state index in [0.717, 1.165) is 11.1 Å². The maximum Gasteiger partial charge on any atom is 0.270 e. The highest BCUT2D eigenvalue weighted by Crippen LogP contribution is 2.25. The van der Waals surface area contributed by atoms with E-state index in [4.69, 9.17) is 25.6 Å². The van der Waals surface area contributed by atoms with Gasteiger partial charge in [-0.3, -0.25) is 0 Å². The third-order valence-electron chi connectivity index (χ3n) is 3.24. The largest absolute Gasteiger partial charge is 0.487 e. The van der Waals surface area contributed by atoms with Crippen molar-refractivity contribution in [2.45, 2.75) is 6.61 Å². The molecule has 0 saturated carbocycles. The predicted molar refractivity (Wildman–Crippen MR) is 89.2 cm³/mol. The second kappa shape index (κ2) is 7.61. The molecule has 3 rings (SSSR count). The zero-order valence-electron chi connectivity index (χ0n) is 12.8. The fourth-order valence-corrected chi connectivity index (χ4v) is 2.36. The van der Waals surface area contributed by atoms with Crippen molar-refractivity contribution in [3.05, 3.63) is 77.0 Å². The van der Waals surface area contributed by atoms with Gasteiger partial charge in [-0.25, -0.2) is 0 Å². The molecular formula is C17H14ClN3O3. The van der Waals surface area contributed by atoms with E-state index in [9.17, 15) is 0 Å². The molecule has 3 aromatic rings. The van der Waals surface area contributed by atoms with Crippen LogP contribution in [0.3, 0.4) is 0 Å². The number of rotatable bonds is 6. The standard InChI is InChI=1S/C17H14ClN3O3/c1-22-21-16(17-20-19-11-24-17)13-7-3-2-6-12(13)10-23-15-9-5-4-8-14(15)18/h2-9,11H,10H2,1H3/b21-16-. The van der Waals surface area contributed by atoms with Gasteiger partial charge in [-0.15, -0.1) is 10.2 Å². The molecule has 0 radical (unpaired) electrons. The summed E-state index contributed by atoms with van der Waals surface area (Å²) in [7, 11) is 1.46. The number of oxime groups is 1. The molecular weight excluding hydrogens is 330 g/mol. The molecule has 6 nitrogen and oxygen atoms in total. The maximum absolute atomic E-state index is 6.12. The summed E-state index contributed by atoms with van der Waals surface area (Å²) in [6.07, 6.45) is 1.24. The molecule has 0 bridgehead atoms. The third kappa shape index (κ3) is 3.55. The summed E-state index contributed by atoms with van der Waals surface area (Å²) in [6, 6.07) is 14.9. The van der Waals surface area contributed by atoms with Crippen LogP contribution >= 0.6 is 11.6 Å². The monoisotopic (exact) mass is 343 g/mol. The number of benzene rings is 2. The molecule has 0 unspecified atom stereocenters. The topological polar surface area (TPSA) is 69.7 Å². The van der Waals surface area contributed by atoms with Gasteiger partial charge in [0.15, 0.2) is 5.71 Å². The molecule has 0 N–H and O–H groups in total. The Labute approximate surface area is 143 Å². The Morgan fingerprint density at radius 1 is 1.17 bits per heavy atom. The van der Waals surface area contributed by atoms with E-state index >= 15 is 0 Å². The van der Waals surface area contributed by atoms with Crippen LogP contribution < -0.4 is 4.74 Å². The smallest absolute Gasteiger partial charge is 0.270 e. The average Bonchev–Trinajstić information content (AvgIpc) is 3.14. The summed E-state index contributed by atoms with van der Waals surface area (Å²) in [4.78, 5) is 4.92. The summed E-state index contributed by atoms with van der Waals surface area (Å²) in [6.45, 7) is 0.302. The van der Waals surface area contributed by atoms with Crippen molar-refractivity contribution in [1.29, 1.82) is 0 Å². The van der Waals surface area contributed by atoms with Crippen LogP contribution in [0, 0.1) is 0 Å². The fourth-order valence-electron chi connectivity index (χ4n) is 2.17. The molecule has 1 heterocycles. The van der Waals surface area contributed by atoms with Gasteiger partial charge in [-0.05, 0) is 17.7 Å². The SMILES string of the molecule is CO/N=C(\c1nnco1)c1ccccc1COc1ccccc1Cl. The molecule has 0 amide bonds. The Balaban J connectivity index is 1.90. The minimum absolute atomic E-state index is 0.266. The molecule has 0 aliphatic heterocycles. The van der Waals surface area contributed by atoms with Gasteiger partial charge >= 0.3 is 0 Å². The summed E-state index contributed by atoms with van der Waals surface area (Å²) < 4.78 is 11.1. The van der Waals surface area contributed by atoms with Gasteiger partial charge in [0.1, 0.15) is 19.5 Å². The van der Waals surface area contributed by atoms with Gasteiger partial charge in [-0.1, -0.05) is 53.2 Å². The van der Waals surface area contributed by atoms with E-state index in [1.165, 1.54) is 13.5 Å². The number of hydrogen-bond acceptors (Lipinski definition) is 6. The quantitative estimate of drug-likeness (QED) is 0.504. The molecule has 0 saturated heterocycles. The van der Waals surface area contributed by atoms with Gasteiger partial charge in [0.2, 0.25) is 6.39 Å². The van der Waals surface area contributed by atoms with Crippen LogP contribution in [0.5, 0.6) is 5.75 Å². The molecule has 2 aromatic carbocycles. The Kier molecular flexibility index (Phi) is 5.08. The molecule has 0 atom stereocenters. The summed E-state index contributed by atoms with van der Waals surface area (Å²) in [5.74, 6) is 0.874. The Hall–Kier alpha value is -2.86. The van der Waals surface area contributed by atoms with Crippen LogP contribution in [0.1, 0.15) is 17.0 Å². The Morgan fingerprint density at radius 2 is 1.96 bits per heavy atom. The van der Waals surface area contributed by atoms with Gasteiger partial charge in [0.25, 0.3) is 5.89 Å². The average molecular weight is 344 g/mol. The van der Waals surface area contributed by atoms with E-state index in [0.29, 0.717) is 23.1 Å². The van der Waals surface area contributed by atoms with Crippen molar-refractivity contribution in [1.82, 2.24) is 10.2 Å². The number of aromatic nitrogens is 2. The molecule has 0 aliphatic carbocycles. The number of halogens is 1. The predicted octanol–water partition coefficient (Wildman–Crippen LogP) is 3.70. The summed E-state index contributed by atoms with van der Waals surface area (Å²) in [5.41, 5.74) is 2.09. The van der Waals surface area contributed by atoms with Gasteiger partial charge < -0.3 is 14.0 Å². The van der Waals surface area contributed by atoms with Crippen molar-refractivity contribution in [3.63, 3.8) is 0 Å². The highest BCUT2D eigenvalue weighted by molar-refractivity contribution is 6.32. The zero-order chi connectivity index (χ0) is 16.8. The molecule has 1 aromatic heterocycles. The number of nitrogens with zero attached hydrogens (tertiary/aromatic N) is 3. The van der Waals surface area contributed by atoms with Crippen LogP contribution in [0.25, 0.3) is 0 Å². The van der Waals surface area contributed by atoms with E-state index in [2.05, 4.69) is 15.4 Å². The van der Waals surface area contributed by atoms with Crippen molar-refractivity contribution >= 4 is 17.3 Å². The van der Waals surface area contributed by atoms with E-state index in [1.54, 1.807) is 6.07 Å². The molecule has 7 heteroatoms. The summed E-state index contributed by atoms with van der Waals surface area (Å²) in [5, 5.41) is 12.1. The molecule has 0 fully saturated rings. The van der Waals surface area contributed by atoms with E-state index in [-0.39, 0.29) is 5.89 Å². The Morgan fingerprint density at radius 3 is 2.71 bits per heavy atom. The second-order valence-corrected chi connectivity index (χ2v) is 5.15. The zero-order valence-corrected chi connectivity index (χ0v) is 13.6. The number of para-hydroxylation sites is 1. The van der Waals surface area contributed by atoms with Gasteiger partial charge in [-0.2, -0.15) is 0 Å². The lowest BCUT2D eigenvalue weighted by Gasteiger charge is -2.11. The van der Waals surface area contributed by atoms with Crippen molar-refractivity contribution in [3.8, 4) is 5.75 Å². The fraction of sp³-hybridized carbons (Fsp3) is 0.118. The van der Waals surface area contributed by atoms with Crippen molar-refractivity contribution < 1.29 is 14.0 Å². The number of hydrogen-bond donors (Lipinski definition) is 0. The van der Waals surface area contributed by atoms with Crippen molar-refractivity contribution in [2.75, 3.05) is 7.11 Å². The highest BCUT2D eigenvalue weighted by Gasteiger charge is 2.17. The molecule has 0 aliphatic rings. The van der Waals surface area contributed by atoms with E-state index in [1.807, 2.05) is 42.5 Å². The molecule has 24 heavy (non-hydrogen) atoms. The first-order valence-corrected chi connectivity index (χ1v) is 7.50. The number of ether oxygens (including phenoxy) is 1. The lowest BCUT2D eigenvalue weighted by Crippen LogP contribution is -2.10. The highest BCUT2D eigenvalue weighted by atomic mass is 35.5. The normalized spacial score (nSPS) is 11.3. The van der Waals surface area contributed by atoms with Gasteiger partial charge in [0.05, 0.1) is 5.02 Å². The lowest BCUT2D eigenvalue weighted by molar-refractivity contribution is 0.213. The first kappa shape index (κ1) is 16.0. The van der Waals surface area contributed by atoms with E-state index < -0.39 is 0 Å². The Bertz CT molecular complexity index is 835. The van der Waals surface area contributed by atoms with Gasteiger partial charge in [0, 0.05) is 5.56 Å². The minimum atomic E-state index is 0.266. The second-order valence-electron chi connectivity index (χ2n) is 4.74. The third-order valence-corrected chi connectivity index (χ3v) is 3.55. The first-order valence-electron chi connectivity index (χ1n) is 7.13. The van der Waals surface area contributed by atoms with Crippen LogP contribution in [0.2, 0.25) is 5.02 Å². The van der Waals surface area contributed by atoms with Crippen LogP contribution in [-0.4, -0.2) is 23.0 Å². The lowest BCUT2D eigenvalue weighted by atomic mass is 10.0. The molecule has 122 valence electrons. The maximum atomic E-state index is 6.12. The summed E-state index contributed by atoms with van der Waals surface area (Å²) >= 11 is 6.12. The van der Waals surface area contributed by atoms with Crippen molar-refractivity contribution in [2.24, 2.45) is 5.16 Å². The van der Waals surface area contributed by atoms with Crippen LogP contribution in [-0.2, 0) is 11.4 Å². The van der Waals surface area contributed by atoms with Crippen LogP contribution in [0.4, 0.5) is 0 Å². The van der Waals surface area contributed by atoms with Crippen LogP contribution in [0.15, 0.2) is 64.5 Å². The minimum Gasteiger partial charge on any atom is -0.487 e. The first-order chi connectivity index (χ1) is 11.8.